The van der Waals surface area contributed by atoms with Gasteiger partial charge in [-0.2, -0.15) is 0 Å². The molecule has 1 aliphatic carbocycles. The van der Waals surface area contributed by atoms with Gasteiger partial charge in [0.2, 0.25) is 17.7 Å². The third-order valence-corrected chi connectivity index (χ3v) is 5.52. The Morgan fingerprint density at radius 3 is 2.24 bits per heavy atom. The van der Waals surface area contributed by atoms with Gasteiger partial charge in [0, 0.05) is 6.07 Å². The van der Waals surface area contributed by atoms with Crippen molar-refractivity contribution in [2.75, 3.05) is 19.5 Å². The minimum atomic E-state index is -0.854. The summed E-state index contributed by atoms with van der Waals surface area (Å²) in [7, 11) is 3.05. The number of amides is 3. The van der Waals surface area contributed by atoms with Crippen LogP contribution < -0.4 is 14.8 Å². The number of benzene rings is 1. The van der Waals surface area contributed by atoms with Gasteiger partial charge >= 0.3 is 0 Å². The molecule has 1 fully saturated rings. The summed E-state index contributed by atoms with van der Waals surface area (Å²) in [5.41, 5.74) is 0.463. The molecule has 0 saturated carbocycles. The topological polar surface area (TPSA) is 84.9 Å². The number of methoxy groups -OCH3 is 2. The molecule has 3 amide bonds. The minimum Gasteiger partial charge on any atom is -0.497 e. The lowest BCUT2D eigenvalue weighted by molar-refractivity contribution is -0.147. The molecule has 29 heavy (non-hydrogen) atoms. The molecule has 3 atom stereocenters. The first-order valence-corrected chi connectivity index (χ1v) is 9.92. The van der Waals surface area contributed by atoms with Gasteiger partial charge in [-0.15, -0.1) is 0 Å². The van der Waals surface area contributed by atoms with Crippen LogP contribution in [0.2, 0.25) is 0 Å². The Bertz CT molecular complexity index is 806. The normalized spacial score (nSPS) is 21.9. The molecule has 1 aliphatic heterocycles. The van der Waals surface area contributed by atoms with Gasteiger partial charge in [0.05, 0.1) is 31.7 Å². The molecule has 1 heterocycles. The van der Waals surface area contributed by atoms with Crippen LogP contribution in [0.4, 0.5) is 5.69 Å². The molecule has 3 unspecified atom stereocenters. The summed E-state index contributed by atoms with van der Waals surface area (Å²) >= 11 is 0. The van der Waals surface area contributed by atoms with E-state index < -0.39 is 11.9 Å². The van der Waals surface area contributed by atoms with Gasteiger partial charge in [0.15, 0.2) is 0 Å². The van der Waals surface area contributed by atoms with Gasteiger partial charge in [-0.1, -0.05) is 26.0 Å². The number of hydrogen-bond donors (Lipinski definition) is 1. The molecule has 2 aliphatic rings. The number of nitrogens with zero attached hydrogens (tertiary/aromatic N) is 1. The lowest BCUT2D eigenvalue weighted by Crippen LogP contribution is -2.48. The molecule has 0 radical (unpaired) electrons. The monoisotopic (exact) mass is 400 g/mol. The zero-order valence-corrected chi connectivity index (χ0v) is 17.3. The van der Waals surface area contributed by atoms with E-state index in [0.717, 1.165) is 0 Å². The molecule has 1 aromatic carbocycles. The molecule has 1 N–H and O–H groups in total. The van der Waals surface area contributed by atoms with Gasteiger partial charge in [0.25, 0.3) is 0 Å². The molecular weight excluding hydrogens is 372 g/mol. The molecule has 1 saturated heterocycles. The van der Waals surface area contributed by atoms with E-state index in [9.17, 15) is 14.4 Å². The van der Waals surface area contributed by atoms with Crippen LogP contribution in [-0.4, -0.2) is 42.9 Å². The summed E-state index contributed by atoms with van der Waals surface area (Å²) in [6.45, 7) is 3.93. The first-order valence-electron chi connectivity index (χ1n) is 9.92. The second kappa shape index (κ2) is 8.68. The van der Waals surface area contributed by atoms with Crippen LogP contribution in [0, 0.1) is 17.8 Å². The van der Waals surface area contributed by atoms with E-state index >= 15 is 0 Å². The number of imide groups is 1. The number of rotatable bonds is 7. The predicted octanol–water partition coefficient (Wildman–Crippen LogP) is 3.01. The van der Waals surface area contributed by atoms with Crippen LogP contribution in [0.15, 0.2) is 30.4 Å². The first kappa shape index (κ1) is 20.9. The zero-order chi connectivity index (χ0) is 21.1. The molecule has 0 bridgehead atoms. The van der Waals surface area contributed by atoms with Crippen molar-refractivity contribution in [3.05, 3.63) is 30.4 Å². The van der Waals surface area contributed by atoms with Crippen molar-refractivity contribution in [3.63, 3.8) is 0 Å². The standard InChI is InChI=1S/C22H28N2O5/c1-13(2)11-18(24-21(26)15-7-5-6-8-16(15)22(24)27)20(25)23-17-10-9-14(28-3)12-19(17)29-4/h5-6,9-10,12-13,15-16,18H,7-8,11H2,1-4H3,(H,23,25). The van der Waals surface area contributed by atoms with Gasteiger partial charge in [-0.25, -0.2) is 0 Å². The number of nitrogens with one attached hydrogen (secondary N) is 1. The lowest BCUT2D eigenvalue weighted by atomic mass is 9.85. The molecule has 7 heteroatoms. The Balaban J connectivity index is 1.86. The Kier molecular flexibility index (Phi) is 6.25. The van der Waals surface area contributed by atoms with Crippen LogP contribution in [0.5, 0.6) is 11.5 Å². The van der Waals surface area contributed by atoms with Gasteiger partial charge in [-0.3, -0.25) is 19.3 Å². The molecule has 156 valence electrons. The van der Waals surface area contributed by atoms with Crippen molar-refractivity contribution >= 4 is 23.4 Å². The average Bonchev–Trinajstić information content (AvgIpc) is 2.97. The number of fused-ring (bicyclic) bond motifs is 1. The lowest BCUT2D eigenvalue weighted by Gasteiger charge is -2.27. The fourth-order valence-corrected chi connectivity index (χ4v) is 4.03. The maximum atomic E-state index is 13.2. The van der Waals surface area contributed by atoms with Crippen molar-refractivity contribution < 1.29 is 23.9 Å². The van der Waals surface area contributed by atoms with Gasteiger partial charge in [-0.05, 0) is 37.3 Å². The SMILES string of the molecule is COc1ccc(NC(=O)C(CC(C)C)N2C(=O)C3CC=CCC3C2=O)c(OC)c1. The van der Waals surface area contributed by atoms with Crippen LogP contribution in [-0.2, 0) is 14.4 Å². The fraction of sp³-hybridized carbons (Fsp3) is 0.500. The van der Waals surface area contributed by atoms with E-state index in [1.807, 2.05) is 26.0 Å². The second-order valence-corrected chi connectivity index (χ2v) is 7.90. The molecule has 3 rings (SSSR count). The number of ether oxygens (including phenoxy) is 2. The second-order valence-electron chi connectivity index (χ2n) is 7.90. The number of allylic oxidation sites excluding steroid dienone is 2. The Hall–Kier alpha value is -2.83. The highest BCUT2D eigenvalue weighted by atomic mass is 16.5. The average molecular weight is 400 g/mol. The molecule has 0 spiro atoms. The van der Waals surface area contributed by atoms with Crippen molar-refractivity contribution in [2.45, 2.75) is 39.2 Å². The van der Waals surface area contributed by atoms with Crippen molar-refractivity contribution in [1.82, 2.24) is 4.90 Å². The fourth-order valence-electron chi connectivity index (χ4n) is 4.03. The molecule has 7 nitrogen and oxygen atoms in total. The summed E-state index contributed by atoms with van der Waals surface area (Å²) in [5.74, 6) is -0.423. The van der Waals surface area contributed by atoms with E-state index in [4.69, 9.17) is 9.47 Å². The van der Waals surface area contributed by atoms with Crippen LogP contribution in [0.1, 0.15) is 33.1 Å². The Morgan fingerprint density at radius 2 is 1.72 bits per heavy atom. The zero-order valence-electron chi connectivity index (χ0n) is 17.3. The number of carbonyl (C=O) groups excluding carboxylic acids is 3. The van der Waals surface area contributed by atoms with E-state index in [1.54, 1.807) is 25.3 Å². The summed E-state index contributed by atoms with van der Waals surface area (Å²) < 4.78 is 10.5. The summed E-state index contributed by atoms with van der Waals surface area (Å²) in [4.78, 5) is 40.4. The number of hydrogen-bond acceptors (Lipinski definition) is 5. The Morgan fingerprint density at radius 1 is 1.10 bits per heavy atom. The maximum Gasteiger partial charge on any atom is 0.247 e. The molecular formula is C22H28N2O5. The first-order chi connectivity index (χ1) is 13.9. The number of carbonyl (C=O) groups is 3. The third kappa shape index (κ3) is 4.13. The highest BCUT2D eigenvalue weighted by molar-refractivity contribution is 6.10. The van der Waals surface area contributed by atoms with E-state index in [-0.39, 0.29) is 29.6 Å². The quantitative estimate of drug-likeness (QED) is 0.562. The highest BCUT2D eigenvalue weighted by Crippen LogP contribution is 2.37. The minimum absolute atomic E-state index is 0.130. The van der Waals surface area contributed by atoms with Crippen molar-refractivity contribution in [3.8, 4) is 11.5 Å². The predicted molar refractivity (Wildman–Crippen MR) is 109 cm³/mol. The maximum absolute atomic E-state index is 13.2. The largest absolute Gasteiger partial charge is 0.497 e. The Labute approximate surface area is 171 Å². The van der Waals surface area contributed by atoms with E-state index in [1.165, 1.54) is 12.0 Å². The smallest absolute Gasteiger partial charge is 0.247 e. The summed E-state index contributed by atoms with van der Waals surface area (Å²) in [6, 6.07) is 4.20. The summed E-state index contributed by atoms with van der Waals surface area (Å²) in [6.07, 6.45) is 5.38. The molecule has 1 aromatic rings. The van der Waals surface area contributed by atoms with E-state index in [2.05, 4.69) is 5.32 Å². The summed E-state index contributed by atoms with van der Waals surface area (Å²) in [5, 5.41) is 2.84. The van der Waals surface area contributed by atoms with Crippen LogP contribution in [0.25, 0.3) is 0 Å². The van der Waals surface area contributed by atoms with Crippen LogP contribution in [0.3, 0.4) is 0 Å². The molecule has 0 aromatic heterocycles. The van der Waals surface area contributed by atoms with Gasteiger partial charge < -0.3 is 14.8 Å². The van der Waals surface area contributed by atoms with Gasteiger partial charge in [0.1, 0.15) is 17.5 Å². The van der Waals surface area contributed by atoms with Crippen molar-refractivity contribution in [2.24, 2.45) is 17.8 Å². The number of anilines is 1. The third-order valence-electron chi connectivity index (χ3n) is 5.52. The number of likely N-dealkylation sites (tertiary alicyclic amines) is 1. The van der Waals surface area contributed by atoms with Crippen LogP contribution >= 0.6 is 0 Å². The van der Waals surface area contributed by atoms with Crippen molar-refractivity contribution in [1.29, 1.82) is 0 Å². The van der Waals surface area contributed by atoms with E-state index in [0.29, 0.717) is 36.4 Å². The highest BCUT2D eigenvalue weighted by Gasteiger charge is 2.51.